The SMILES string of the molecule is CCc1ccc(/C(O)=C2\C(=O)C(=O)N(c3cc(C)cc(C)c3)C2c2ccccc2OC)cc1. The Morgan fingerprint density at radius 3 is 2.21 bits per heavy atom. The number of ether oxygens (including phenoxy) is 1. The van der Waals surface area contributed by atoms with Crippen LogP contribution in [0.3, 0.4) is 0 Å². The van der Waals surface area contributed by atoms with E-state index in [1.54, 1.807) is 25.3 Å². The van der Waals surface area contributed by atoms with Crippen LogP contribution in [0.4, 0.5) is 5.69 Å². The highest BCUT2D eigenvalue weighted by Crippen LogP contribution is 2.45. The minimum absolute atomic E-state index is 0.0490. The van der Waals surface area contributed by atoms with Crippen molar-refractivity contribution >= 4 is 23.1 Å². The summed E-state index contributed by atoms with van der Waals surface area (Å²) in [6, 6.07) is 19.6. The highest BCUT2D eigenvalue weighted by atomic mass is 16.5. The summed E-state index contributed by atoms with van der Waals surface area (Å²) in [5, 5.41) is 11.3. The van der Waals surface area contributed by atoms with Gasteiger partial charge in [-0.3, -0.25) is 14.5 Å². The van der Waals surface area contributed by atoms with Gasteiger partial charge < -0.3 is 9.84 Å². The second-order valence-electron chi connectivity index (χ2n) is 8.31. The van der Waals surface area contributed by atoms with Crippen LogP contribution in [-0.4, -0.2) is 23.9 Å². The fourth-order valence-corrected chi connectivity index (χ4v) is 4.43. The molecule has 1 atom stereocenters. The first kappa shape index (κ1) is 22.3. The van der Waals surface area contributed by atoms with Gasteiger partial charge in [-0.15, -0.1) is 0 Å². The Morgan fingerprint density at radius 1 is 0.970 bits per heavy atom. The average molecular weight is 442 g/mol. The van der Waals surface area contributed by atoms with Gasteiger partial charge in [-0.25, -0.2) is 0 Å². The predicted octanol–water partition coefficient (Wildman–Crippen LogP) is 5.50. The number of amides is 1. The Balaban J connectivity index is 1.98. The van der Waals surface area contributed by atoms with Crippen molar-refractivity contribution in [2.75, 3.05) is 12.0 Å². The summed E-state index contributed by atoms with van der Waals surface area (Å²) in [5.41, 5.74) is 4.83. The summed E-state index contributed by atoms with van der Waals surface area (Å²) in [5.74, 6) is -1.06. The summed E-state index contributed by atoms with van der Waals surface area (Å²) >= 11 is 0. The number of aliphatic hydroxyl groups is 1. The average Bonchev–Trinajstić information content (AvgIpc) is 3.08. The molecule has 5 heteroatoms. The number of aliphatic hydroxyl groups excluding tert-OH is 1. The van der Waals surface area contributed by atoms with E-state index in [2.05, 4.69) is 0 Å². The number of methoxy groups -OCH3 is 1. The van der Waals surface area contributed by atoms with Crippen molar-refractivity contribution in [1.82, 2.24) is 0 Å². The van der Waals surface area contributed by atoms with E-state index in [0.717, 1.165) is 23.1 Å². The zero-order chi connectivity index (χ0) is 23.7. The van der Waals surface area contributed by atoms with Gasteiger partial charge in [0.15, 0.2) is 0 Å². The molecule has 168 valence electrons. The molecule has 1 aliphatic rings. The molecule has 0 aliphatic carbocycles. The van der Waals surface area contributed by atoms with Crippen LogP contribution in [0, 0.1) is 13.8 Å². The second kappa shape index (κ2) is 8.94. The number of ketones is 1. The minimum atomic E-state index is -0.826. The van der Waals surface area contributed by atoms with Crippen molar-refractivity contribution in [1.29, 1.82) is 0 Å². The molecule has 1 N–H and O–H groups in total. The molecule has 33 heavy (non-hydrogen) atoms. The normalized spacial score (nSPS) is 17.5. The van der Waals surface area contributed by atoms with E-state index in [9.17, 15) is 14.7 Å². The van der Waals surface area contributed by atoms with Gasteiger partial charge >= 0.3 is 0 Å². The zero-order valence-corrected chi connectivity index (χ0v) is 19.3. The standard InChI is InChI=1S/C28H27NO4/c1-5-19-10-12-20(13-11-19)26(30)24-25(22-8-6-7-9-23(22)33-4)29(28(32)27(24)31)21-15-17(2)14-18(3)16-21/h6-16,25,30H,5H2,1-4H3/b26-24+. The maximum absolute atomic E-state index is 13.3. The molecule has 0 saturated carbocycles. The molecule has 3 aromatic rings. The van der Waals surface area contributed by atoms with E-state index in [4.69, 9.17) is 4.74 Å². The molecule has 1 amide bonds. The van der Waals surface area contributed by atoms with Crippen molar-refractivity contribution in [2.24, 2.45) is 0 Å². The summed E-state index contributed by atoms with van der Waals surface area (Å²) in [4.78, 5) is 28.1. The molecule has 1 heterocycles. The van der Waals surface area contributed by atoms with Gasteiger partial charge in [-0.2, -0.15) is 0 Å². The lowest BCUT2D eigenvalue weighted by Crippen LogP contribution is -2.29. The lowest BCUT2D eigenvalue weighted by molar-refractivity contribution is -0.132. The predicted molar refractivity (Wildman–Crippen MR) is 130 cm³/mol. The molecule has 3 aromatic carbocycles. The Bertz CT molecular complexity index is 1240. The topological polar surface area (TPSA) is 66.8 Å². The maximum atomic E-state index is 13.3. The molecular formula is C28H27NO4. The molecule has 1 saturated heterocycles. The third-order valence-electron chi connectivity index (χ3n) is 6.00. The van der Waals surface area contributed by atoms with Crippen molar-refractivity contribution in [3.8, 4) is 5.75 Å². The second-order valence-corrected chi connectivity index (χ2v) is 8.31. The Labute approximate surface area is 193 Å². The third-order valence-corrected chi connectivity index (χ3v) is 6.00. The number of carbonyl (C=O) groups is 2. The van der Waals surface area contributed by atoms with Crippen LogP contribution in [0.15, 0.2) is 72.3 Å². The smallest absolute Gasteiger partial charge is 0.300 e. The molecule has 0 bridgehead atoms. The van der Waals surface area contributed by atoms with Crippen molar-refractivity contribution in [3.63, 3.8) is 0 Å². The molecular weight excluding hydrogens is 414 g/mol. The summed E-state index contributed by atoms with van der Waals surface area (Å²) in [6.07, 6.45) is 0.860. The van der Waals surface area contributed by atoms with Crippen molar-refractivity contribution < 1.29 is 19.4 Å². The van der Waals surface area contributed by atoms with Gasteiger partial charge in [0.2, 0.25) is 0 Å². The number of aryl methyl sites for hydroxylation is 3. The molecule has 0 spiro atoms. The first-order chi connectivity index (χ1) is 15.8. The van der Waals surface area contributed by atoms with E-state index in [1.807, 2.05) is 69.3 Å². The summed E-state index contributed by atoms with van der Waals surface area (Å²) in [6.45, 7) is 5.94. The van der Waals surface area contributed by atoms with Gasteiger partial charge in [0.05, 0.1) is 18.7 Å². The number of anilines is 1. The van der Waals surface area contributed by atoms with Crippen LogP contribution in [-0.2, 0) is 16.0 Å². The van der Waals surface area contributed by atoms with Crippen LogP contribution in [0.1, 0.15) is 40.8 Å². The van der Waals surface area contributed by atoms with Crippen LogP contribution < -0.4 is 9.64 Å². The third kappa shape index (κ3) is 4.02. The zero-order valence-electron chi connectivity index (χ0n) is 19.3. The number of hydrogen-bond donors (Lipinski definition) is 1. The molecule has 1 aliphatic heterocycles. The summed E-state index contributed by atoms with van der Waals surface area (Å²) in [7, 11) is 1.55. The number of nitrogens with zero attached hydrogens (tertiary/aromatic N) is 1. The fourth-order valence-electron chi connectivity index (χ4n) is 4.43. The molecule has 0 radical (unpaired) electrons. The molecule has 4 rings (SSSR count). The Morgan fingerprint density at radius 2 is 1.61 bits per heavy atom. The molecule has 1 fully saturated rings. The Kier molecular flexibility index (Phi) is 6.05. The first-order valence-corrected chi connectivity index (χ1v) is 11.0. The Hall–Kier alpha value is -3.86. The van der Waals surface area contributed by atoms with Gasteiger partial charge in [0.1, 0.15) is 11.5 Å². The van der Waals surface area contributed by atoms with Crippen LogP contribution >= 0.6 is 0 Å². The monoisotopic (exact) mass is 441 g/mol. The van der Waals surface area contributed by atoms with Gasteiger partial charge in [-0.1, -0.05) is 55.5 Å². The van der Waals surface area contributed by atoms with Crippen LogP contribution in [0.5, 0.6) is 5.75 Å². The fraction of sp³-hybridized carbons (Fsp3) is 0.214. The maximum Gasteiger partial charge on any atom is 0.300 e. The lowest BCUT2D eigenvalue weighted by Gasteiger charge is -2.27. The first-order valence-electron chi connectivity index (χ1n) is 11.0. The van der Waals surface area contributed by atoms with Gasteiger partial charge in [0, 0.05) is 16.8 Å². The highest BCUT2D eigenvalue weighted by molar-refractivity contribution is 6.51. The lowest BCUT2D eigenvalue weighted by atomic mass is 9.94. The minimum Gasteiger partial charge on any atom is -0.507 e. The highest BCUT2D eigenvalue weighted by Gasteiger charge is 2.48. The number of Topliss-reactive ketones (excluding diaryl/α,β-unsaturated/α-hetero) is 1. The van der Waals surface area contributed by atoms with E-state index >= 15 is 0 Å². The quantitative estimate of drug-likeness (QED) is 0.322. The molecule has 5 nitrogen and oxygen atoms in total. The molecule has 1 unspecified atom stereocenters. The largest absolute Gasteiger partial charge is 0.507 e. The number of para-hydroxylation sites is 1. The van der Waals surface area contributed by atoms with E-state index < -0.39 is 17.7 Å². The van der Waals surface area contributed by atoms with Gasteiger partial charge in [0.25, 0.3) is 11.7 Å². The molecule has 0 aromatic heterocycles. The van der Waals surface area contributed by atoms with E-state index in [0.29, 0.717) is 22.6 Å². The number of carbonyl (C=O) groups excluding carboxylic acids is 2. The number of rotatable bonds is 5. The van der Waals surface area contributed by atoms with Crippen molar-refractivity contribution in [2.45, 2.75) is 33.2 Å². The number of benzene rings is 3. The van der Waals surface area contributed by atoms with E-state index in [1.165, 1.54) is 4.90 Å². The van der Waals surface area contributed by atoms with Gasteiger partial charge in [-0.05, 0) is 55.2 Å². The van der Waals surface area contributed by atoms with Crippen molar-refractivity contribution in [3.05, 3.63) is 100 Å². The number of hydrogen-bond acceptors (Lipinski definition) is 4. The van der Waals surface area contributed by atoms with Crippen LogP contribution in [0.2, 0.25) is 0 Å². The summed E-state index contributed by atoms with van der Waals surface area (Å²) < 4.78 is 5.57. The van der Waals surface area contributed by atoms with Crippen LogP contribution in [0.25, 0.3) is 5.76 Å². The van der Waals surface area contributed by atoms with E-state index in [-0.39, 0.29) is 11.3 Å².